The number of para-hydroxylation sites is 1. The molecule has 0 fully saturated rings. The lowest BCUT2D eigenvalue weighted by molar-refractivity contribution is 0.0697. The molecule has 0 spiro atoms. The molecule has 0 aliphatic heterocycles. The van der Waals surface area contributed by atoms with E-state index in [1.807, 2.05) is 25.1 Å². The van der Waals surface area contributed by atoms with E-state index in [1.165, 1.54) is 5.56 Å². The van der Waals surface area contributed by atoms with Gasteiger partial charge in [0.15, 0.2) is 0 Å². The van der Waals surface area contributed by atoms with E-state index in [1.54, 1.807) is 30.3 Å². The highest BCUT2D eigenvalue weighted by Gasteiger charge is 2.18. The fraction of sp³-hybridized carbons (Fsp3) is 0.227. The number of hydrogen-bond donors (Lipinski definition) is 3. The van der Waals surface area contributed by atoms with Gasteiger partial charge in [0.05, 0.1) is 5.56 Å². The Hall–Kier alpha value is -3.41. The maximum atomic E-state index is 11.2. The predicted octanol–water partition coefficient (Wildman–Crippen LogP) is 5.27. The van der Waals surface area contributed by atoms with Crippen LogP contribution < -0.4 is 10.6 Å². The lowest BCUT2D eigenvalue weighted by atomic mass is 9.86. The summed E-state index contributed by atoms with van der Waals surface area (Å²) in [6, 6.07) is 16.6. The third kappa shape index (κ3) is 4.65. The van der Waals surface area contributed by atoms with Gasteiger partial charge in [0.1, 0.15) is 17.5 Å². The summed E-state index contributed by atoms with van der Waals surface area (Å²) >= 11 is 0. The van der Waals surface area contributed by atoms with Crippen LogP contribution in [0.15, 0.2) is 54.6 Å². The molecular formula is C22H24N4O2. The smallest absolute Gasteiger partial charge is 0.335 e. The topological polar surface area (TPSA) is 87.1 Å². The molecule has 3 rings (SSSR count). The van der Waals surface area contributed by atoms with E-state index in [-0.39, 0.29) is 11.0 Å². The lowest BCUT2D eigenvalue weighted by Gasteiger charge is -2.23. The molecule has 0 saturated carbocycles. The van der Waals surface area contributed by atoms with Crippen molar-refractivity contribution in [2.24, 2.45) is 0 Å². The first-order valence-electron chi connectivity index (χ1n) is 9.05. The number of rotatable bonds is 5. The van der Waals surface area contributed by atoms with Gasteiger partial charge in [-0.25, -0.2) is 14.8 Å². The van der Waals surface area contributed by atoms with E-state index in [9.17, 15) is 4.79 Å². The summed E-state index contributed by atoms with van der Waals surface area (Å²) in [5.74, 6) is 0.894. The summed E-state index contributed by atoms with van der Waals surface area (Å²) in [5, 5.41) is 15.7. The number of benzene rings is 2. The zero-order valence-corrected chi connectivity index (χ0v) is 16.4. The van der Waals surface area contributed by atoms with Crippen molar-refractivity contribution in [2.75, 3.05) is 10.6 Å². The van der Waals surface area contributed by atoms with Gasteiger partial charge in [0.25, 0.3) is 0 Å². The molecular weight excluding hydrogens is 352 g/mol. The molecule has 2 aromatic carbocycles. The number of aromatic nitrogens is 2. The zero-order chi connectivity index (χ0) is 20.3. The standard InChI is InChI=1S/C22H24N4O2/c1-14-23-19(25-16-9-7-8-15(12-16)21(27)28)13-20(24-14)26-18-11-6-5-10-17(18)22(2,3)4/h5-13H,1-4H3,(H,27,28)(H2,23,24,25,26). The Bertz CT molecular complexity index is 1010. The van der Waals surface area contributed by atoms with Gasteiger partial charge in [-0.2, -0.15) is 0 Å². The van der Waals surface area contributed by atoms with Crippen molar-refractivity contribution in [3.05, 3.63) is 71.5 Å². The first kappa shape index (κ1) is 19.4. The number of anilines is 4. The Morgan fingerprint density at radius 1 is 0.929 bits per heavy atom. The number of carboxylic acid groups (broad SMARTS) is 1. The first-order valence-corrected chi connectivity index (χ1v) is 9.05. The van der Waals surface area contributed by atoms with Gasteiger partial charge in [-0.15, -0.1) is 0 Å². The highest BCUT2D eigenvalue weighted by molar-refractivity contribution is 5.89. The molecule has 28 heavy (non-hydrogen) atoms. The summed E-state index contributed by atoms with van der Waals surface area (Å²) in [6.45, 7) is 8.32. The molecule has 0 amide bonds. The highest BCUT2D eigenvalue weighted by atomic mass is 16.4. The molecule has 144 valence electrons. The molecule has 6 heteroatoms. The molecule has 0 aliphatic carbocycles. The van der Waals surface area contributed by atoms with E-state index in [4.69, 9.17) is 5.11 Å². The van der Waals surface area contributed by atoms with Gasteiger partial charge in [0, 0.05) is 17.4 Å². The number of carbonyl (C=O) groups is 1. The zero-order valence-electron chi connectivity index (χ0n) is 16.4. The Morgan fingerprint density at radius 2 is 1.61 bits per heavy atom. The molecule has 0 atom stereocenters. The molecule has 0 radical (unpaired) electrons. The molecule has 1 heterocycles. The van der Waals surface area contributed by atoms with Gasteiger partial charge in [0.2, 0.25) is 0 Å². The third-order valence-corrected chi connectivity index (χ3v) is 4.22. The summed E-state index contributed by atoms with van der Waals surface area (Å²) in [5.41, 5.74) is 3.04. The van der Waals surface area contributed by atoms with Gasteiger partial charge < -0.3 is 15.7 Å². The molecule has 3 N–H and O–H groups in total. The van der Waals surface area contributed by atoms with Crippen LogP contribution in [-0.4, -0.2) is 21.0 Å². The van der Waals surface area contributed by atoms with E-state index in [0.29, 0.717) is 23.1 Å². The number of nitrogens with zero attached hydrogens (tertiary/aromatic N) is 2. The van der Waals surface area contributed by atoms with Crippen molar-refractivity contribution in [1.29, 1.82) is 0 Å². The maximum Gasteiger partial charge on any atom is 0.335 e. The normalized spacial score (nSPS) is 11.1. The SMILES string of the molecule is Cc1nc(Nc2cccc(C(=O)O)c2)cc(Nc2ccccc2C(C)(C)C)n1. The van der Waals surface area contributed by atoms with Crippen LogP contribution in [0.4, 0.5) is 23.0 Å². The molecule has 6 nitrogen and oxygen atoms in total. The van der Waals surface area contributed by atoms with E-state index >= 15 is 0 Å². The molecule has 0 bridgehead atoms. The summed E-state index contributed by atoms with van der Waals surface area (Å²) in [6.07, 6.45) is 0. The van der Waals surface area contributed by atoms with Crippen LogP contribution in [0.3, 0.4) is 0 Å². The Balaban J connectivity index is 1.89. The van der Waals surface area contributed by atoms with Crippen LogP contribution in [-0.2, 0) is 5.41 Å². The van der Waals surface area contributed by atoms with E-state index < -0.39 is 5.97 Å². The second-order valence-electron chi connectivity index (χ2n) is 7.62. The quantitative estimate of drug-likeness (QED) is 0.562. The lowest BCUT2D eigenvalue weighted by Crippen LogP contribution is -2.14. The van der Waals surface area contributed by atoms with Gasteiger partial charge >= 0.3 is 5.97 Å². The minimum absolute atomic E-state index is 0.00990. The Labute approximate surface area is 164 Å². The Kier molecular flexibility index (Phi) is 5.31. The fourth-order valence-corrected chi connectivity index (χ4v) is 2.96. The monoisotopic (exact) mass is 376 g/mol. The van der Waals surface area contributed by atoms with Crippen molar-refractivity contribution in [3.8, 4) is 0 Å². The van der Waals surface area contributed by atoms with Gasteiger partial charge in [-0.3, -0.25) is 0 Å². The molecule has 0 saturated heterocycles. The molecule has 3 aromatic rings. The Morgan fingerprint density at radius 3 is 2.29 bits per heavy atom. The van der Waals surface area contributed by atoms with Gasteiger partial charge in [-0.1, -0.05) is 45.0 Å². The van der Waals surface area contributed by atoms with E-state index in [0.717, 1.165) is 5.69 Å². The van der Waals surface area contributed by atoms with Crippen LogP contribution in [0.2, 0.25) is 0 Å². The van der Waals surface area contributed by atoms with Crippen molar-refractivity contribution in [1.82, 2.24) is 9.97 Å². The van der Waals surface area contributed by atoms with Crippen LogP contribution in [0.25, 0.3) is 0 Å². The van der Waals surface area contributed by atoms with E-state index in [2.05, 4.69) is 47.4 Å². The van der Waals surface area contributed by atoms with Crippen molar-refractivity contribution in [2.45, 2.75) is 33.1 Å². The molecule has 0 unspecified atom stereocenters. The number of nitrogens with one attached hydrogen (secondary N) is 2. The minimum Gasteiger partial charge on any atom is -0.478 e. The highest BCUT2D eigenvalue weighted by Crippen LogP contribution is 2.31. The van der Waals surface area contributed by atoms with Crippen LogP contribution in [0, 0.1) is 6.92 Å². The number of hydrogen-bond acceptors (Lipinski definition) is 5. The van der Waals surface area contributed by atoms with Gasteiger partial charge in [-0.05, 0) is 42.2 Å². The van der Waals surface area contributed by atoms with Crippen LogP contribution >= 0.6 is 0 Å². The number of aromatic carboxylic acids is 1. The van der Waals surface area contributed by atoms with Crippen LogP contribution in [0.5, 0.6) is 0 Å². The minimum atomic E-state index is -0.969. The molecule has 1 aromatic heterocycles. The van der Waals surface area contributed by atoms with Crippen molar-refractivity contribution in [3.63, 3.8) is 0 Å². The number of carboxylic acids is 1. The summed E-state index contributed by atoms with van der Waals surface area (Å²) in [7, 11) is 0. The molecule has 0 aliphatic rings. The number of aryl methyl sites for hydroxylation is 1. The predicted molar refractivity (Wildman–Crippen MR) is 112 cm³/mol. The average molecular weight is 376 g/mol. The third-order valence-electron chi connectivity index (χ3n) is 4.22. The second kappa shape index (κ2) is 7.68. The van der Waals surface area contributed by atoms with Crippen molar-refractivity contribution < 1.29 is 9.90 Å². The average Bonchev–Trinajstić information content (AvgIpc) is 2.61. The van der Waals surface area contributed by atoms with Crippen molar-refractivity contribution >= 4 is 29.0 Å². The largest absolute Gasteiger partial charge is 0.478 e. The summed E-state index contributed by atoms with van der Waals surface area (Å²) < 4.78 is 0. The van der Waals surface area contributed by atoms with Crippen LogP contribution in [0.1, 0.15) is 42.5 Å². The maximum absolute atomic E-state index is 11.2. The first-order chi connectivity index (χ1) is 13.2. The second-order valence-corrected chi connectivity index (χ2v) is 7.62. The fourth-order valence-electron chi connectivity index (χ4n) is 2.96. The summed E-state index contributed by atoms with van der Waals surface area (Å²) in [4.78, 5) is 20.1.